The van der Waals surface area contributed by atoms with Crippen LogP contribution in [0.3, 0.4) is 0 Å². The van der Waals surface area contributed by atoms with E-state index >= 15 is 0 Å². The number of hydrogen-bond donors (Lipinski definition) is 2. The number of aromatic amines is 1. The molecule has 0 fully saturated rings. The van der Waals surface area contributed by atoms with Gasteiger partial charge in [-0.25, -0.2) is 14.6 Å². The first-order valence-corrected chi connectivity index (χ1v) is 12.4. The van der Waals surface area contributed by atoms with Crippen LogP contribution in [-0.2, 0) is 20.7 Å². The van der Waals surface area contributed by atoms with Gasteiger partial charge in [-0.2, -0.15) is 0 Å². The number of ether oxygens (including phenoxy) is 2. The van der Waals surface area contributed by atoms with Crippen molar-refractivity contribution in [3.8, 4) is 0 Å². The van der Waals surface area contributed by atoms with Crippen LogP contribution in [0, 0.1) is 6.92 Å². The molecule has 0 atom stereocenters. The zero-order valence-corrected chi connectivity index (χ0v) is 20.2. The first-order valence-electron chi connectivity index (χ1n) is 9.76. The smallest absolute Gasteiger partial charge is 0.348 e. The second kappa shape index (κ2) is 11.2. The fourth-order valence-corrected chi connectivity index (χ4v) is 5.17. The van der Waals surface area contributed by atoms with Gasteiger partial charge in [-0.1, -0.05) is 17.8 Å². The second-order valence-electron chi connectivity index (χ2n) is 6.36. The van der Waals surface area contributed by atoms with Crippen molar-refractivity contribution in [1.29, 1.82) is 0 Å². The van der Waals surface area contributed by atoms with Crippen molar-refractivity contribution < 1.29 is 23.9 Å². The Morgan fingerprint density at radius 2 is 1.94 bits per heavy atom. The normalized spacial score (nSPS) is 10.7. The van der Waals surface area contributed by atoms with Gasteiger partial charge in [0.05, 0.1) is 24.5 Å². The first kappa shape index (κ1) is 24.0. The number of aromatic nitrogens is 3. The van der Waals surface area contributed by atoms with Crippen LogP contribution in [0.2, 0.25) is 0 Å². The zero-order valence-electron chi connectivity index (χ0n) is 17.7. The molecule has 0 aliphatic heterocycles. The molecule has 0 bridgehead atoms. The number of nitrogens with one attached hydrogen (secondary N) is 2. The SMILES string of the molecule is CCOC(=O)c1sc(NC(=O)CSc2n[nH]c(Cc3cccs3)n2)c(C(=O)OCC)c1C. The van der Waals surface area contributed by atoms with E-state index < -0.39 is 11.9 Å². The Morgan fingerprint density at radius 1 is 1.19 bits per heavy atom. The highest BCUT2D eigenvalue weighted by Crippen LogP contribution is 2.34. The number of nitrogens with zero attached hydrogens (tertiary/aromatic N) is 2. The molecule has 0 spiro atoms. The number of carbonyl (C=O) groups excluding carboxylic acids is 3. The summed E-state index contributed by atoms with van der Waals surface area (Å²) >= 11 is 3.79. The predicted octanol–water partition coefficient (Wildman–Crippen LogP) is 3.91. The lowest BCUT2D eigenvalue weighted by atomic mass is 10.1. The Morgan fingerprint density at radius 3 is 2.62 bits per heavy atom. The van der Waals surface area contributed by atoms with Gasteiger partial charge in [0.15, 0.2) is 0 Å². The van der Waals surface area contributed by atoms with E-state index in [2.05, 4.69) is 20.5 Å². The van der Waals surface area contributed by atoms with Crippen molar-refractivity contribution in [2.45, 2.75) is 32.3 Å². The van der Waals surface area contributed by atoms with E-state index in [1.807, 2.05) is 17.5 Å². The molecule has 0 aliphatic carbocycles. The highest BCUT2D eigenvalue weighted by molar-refractivity contribution is 7.99. The van der Waals surface area contributed by atoms with Crippen molar-refractivity contribution in [2.75, 3.05) is 24.3 Å². The second-order valence-corrected chi connectivity index (χ2v) is 9.35. The Balaban J connectivity index is 1.67. The third-order valence-electron chi connectivity index (χ3n) is 4.11. The van der Waals surface area contributed by atoms with Crippen molar-refractivity contribution in [1.82, 2.24) is 15.2 Å². The number of H-pyrrole nitrogens is 1. The maximum atomic E-state index is 12.5. The minimum atomic E-state index is -0.605. The maximum Gasteiger partial charge on any atom is 0.348 e. The summed E-state index contributed by atoms with van der Waals surface area (Å²) in [6.45, 7) is 5.38. The van der Waals surface area contributed by atoms with Crippen LogP contribution in [-0.4, -0.2) is 52.0 Å². The van der Waals surface area contributed by atoms with Gasteiger partial charge < -0.3 is 14.8 Å². The predicted molar refractivity (Wildman–Crippen MR) is 124 cm³/mol. The number of hydrogen-bond acceptors (Lipinski definition) is 10. The summed E-state index contributed by atoms with van der Waals surface area (Å²) in [5.74, 6) is -0.763. The van der Waals surface area contributed by atoms with Crippen molar-refractivity contribution in [2.24, 2.45) is 0 Å². The molecule has 12 heteroatoms. The molecule has 0 radical (unpaired) electrons. The average Bonchev–Trinajstić information content (AvgIpc) is 3.48. The third kappa shape index (κ3) is 5.96. The Labute approximate surface area is 196 Å². The summed E-state index contributed by atoms with van der Waals surface area (Å²) in [5.41, 5.74) is 0.580. The lowest BCUT2D eigenvalue weighted by molar-refractivity contribution is -0.113. The molecule has 0 aromatic carbocycles. The molecule has 0 saturated heterocycles. The monoisotopic (exact) mass is 494 g/mol. The third-order valence-corrected chi connectivity index (χ3v) is 7.02. The average molecular weight is 495 g/mol. The topological polar surface area (TPSA) is 123 Å². The highest BCUT2D eigenvalue weighted by atomic mass is 32.2. The highest BCUT2D eigenvalue weighted by Gasteiger charge is 2.27. The molecule has 1 amide bonds. The molecular formula is C20H22N4O5S3. The van der Waals surface area contributed by atoms with Crippen LogP contribution in [0.15, 0.2) is 22.7 Å². The molecule has 3 rings (SSSR count). The molecule has 9 nitrogen and oxygen atoms in total. The van der Waals surface area contributed by atoms with Crippen LogP contribution in [0.25, 0.3) is 0 Å². The van der Waals surface area contributed by atoms with Crippen LogP contribution < -0.4 is 5.32 Å². The fourth-order valence-electron chi connectivity index (χ4n) is 2.73. The van der Waals surface area contributed by atoms with Gasteiger partial charge in [-0.05, 0) is 37.8 Å². The number of carbonyl (C=O) groups is 3. The van der Waals surface area contributed by atoms with Crippen molar-refractivity contribution in [3.63, 3.8) is 0 Å². The summed E-state index contributed by atoms with van der Waals surface area (Å²) in [4.78, 5) is 43.0. The van der Waals surface area contributed by atoms with Gasteiger partial charge in [0.1, 0.15) is 15.7 Å². The zero-order chi connectivity index (χ0) is 23.1. The van der Waals surface area contributed by atoms with Crippen LogP contribution >= 0.6 is 34.4 Å². The number of esters is 2. The van der Waals surface area contributed by atoms with Gasteiger partial charge >= 0.3 is 11.9 Å². The molecule has 3 aromatic heterocycles. The maximum absolute atomic E-state index is 12.5. The van der Waals surface area contributed by atoms with Crippen molar-refractivity contribution >= 4 is 57.3 Å². The van der Waals surface area contributed by atoms with Gasteiger partial charge in [0, 0.05) is 11.3 Å². The van der Waals surface area contributed by atoms with Gasteiger partial charge in [-0.15, -0.1) is 27.8 Å². The molecule has 32 heavy (non-hydrogen) atoms. The molecule has 0 aliphatic rings. The summed E-state index contributed by atoms with van der Waals surface area (Å²) in [7, 11) is 0. The van der Waals surface area contributed by atoms with E-state index in [0.29, 0.717) is 23.0 Å². The van der Waals surface area contributed by atoms with Gasteiger partial charge in [0.2, 0.25) is 11.1 Å². The Bertz CT molecular complexity index is 1090. The van der Waals surface area contributed by atoms with Crippen LogP contribution in [0.1, 0.15) is 50.1 Å². The number of thioether (sulfide) groups is 1. The van der Waals surface area contributed by atoms with E-state index in [1.165, 1.54) is 11.8 Å². The molecular weight excluding hydrogens is 472 g/mol. The minimum Gasteiger partial charge on any atom is -0.462 e. The van der Waals surface area contributed by atoms with Crippen molar-refractivity contribution in [3.05, 3.63) is 44.2 Å². The van der Waals surface area contributed by atoms with E-state index in [0.717, 1.165) is 16.2 Å². The summed E-state index contributed by atoms with van der Waals surface area (Å²) < 4.78 is 10.1. The molecule has 2 N–H and O–H groups in total. The van der Waals surface area contributed by atoms with Gasteiger partial charge in [0.25, 0.3) is 0 Å². The largest absolute Gasteiger partial charge is 0.462 e. The molecule has 0 saturated carbocycles. The Kier molecular flexibility index (Phi) is 8.42. The molecule has 170 valence electrons. The summed E-state index contributed by atoms with van der Waals surface area (Å²) in [6, 6.07) is 3.99. The number of amides is 1. The van der Waals surface area contributed by atoms with E-state index in [-0.39, 0.29) is 40.3 Å². The summed E-state index contributed by atoms with van der Waals surface area (Å²) in [6.07, 6.45) is 0.644. The quantitative estimate of drug-likeness (QED) is 0.321. The lowest BCUT2D eigenvalue weighted by Crippen LogP contribution is -2.16. The number of thiophene rings is 2. The van der Waals surface area contributed by atoms with Gasteiger partial charge in [-0.3, -0.25) is 9.89 Å². The molecule has 3 heterocycles. The minimum absolute atomic E-state index is 0.0320. The van der Waals surface area contributed by atoms with E-state index in [1.54, 1.807) is 32.1 Å². The molecule has 3 aromatic rings. The first-order chi connectivity index (χ1) is 15.4. The summed E-state index contributed by atoms with van der Waals surface area (Å²) in [5, 5.41) is 12.4. The number of rotatable bonds is 10. The van der Waals surface area contributed by atoms with Crippen LogP contribution in [0.4, 0.5) is 5.00 Å². The Hall–Kier alpha value is -2.70. The van der Waals surface area contributed by atoms with E-state index in [9.17, 15) is 14.4 Å². The van der Waals surface area contributed by atoms with Crippen LogP contribution in [0.5, 0.6) is 0 Å². The lowest BCUT2D eigenvalue weighted by Gasteiger charge is -2.06. The fraction of sp³-hybridized carbons (Fsp3) is 0.350. The number of anilines is 1. The standard InChI is InChI=1S/C20H22N4O5S3/c1-4-28-18(26)15-11(3)16(19(27)29-5-2)32-17(15)22-14(25)10-31-20-21-13(23-24-20)9-12-7-6-8-30-12/h6-8H,4-5,9-10H2,1-3H3,(H,22,25)(H,21,23,24). The molecule has 0 unspecified atom stereocenters. The van der Waals surface area contributed by atoms with E-state index in [4.69, 9.17) is 9.47 Å².